The summed E-state index contributed by atoms with van der Waals surface area (Å²) in [5.41, 5.74) is 10.4. The highest BCUT2D eigenvalue weighted by Gasteiger charge is 2.20. The number of benzene rings is 10. The minimum atomic E-state index is 0.936. The van der Waals surface area contributed by atoms with Gasteiger partial charge in [-0.25, -0.2) is 0 Å². The van der Waals surface area contributed by atoms with Crippen molar-refractivity contribution in [3.05, 3.63) is 231 Å². The molecular weight excluding hydrogens is 753 g/mol. The molecule has 4 heteroatoms. The first-order valence-corrected chi connectivity index (χ1v) is 21.0. The average Bonchev–Trinajstić information content (AvgIpc) is 3.34. The van der Waals surface area contributed by atoms with E-state index in [4.69, 9.17) is 9.97 Å². The molecule has 0 aliphatic rings. The van der Waals surface area contributed by atoms with E-state index in [0.717, 1.165) is 56.6 Å². The van der Waals surface area contributed by atoms with Crippen LogP contribution in [0.5, 0.6) is 0 Å². The van der Waals surface area contributed by atoms with E-state index < -0.39 is 0 Å². The molecule has 0 amide bonds. The second kappa shape index (κ2) is 14.7. The predicted molar refractivity (Wildman–Crippen MR) is 261 cm³/mol. The molecule has 0 atom stereocenters. The van der Waals surface area contributed by atoms with Gasteiger partial charge in [-0.05, 0) is 139 Å². The normalized spacial score (nSPS) is 11.5. The van der Waals surface area contributed by atoms with Crippen LogP contribution in [0.25, 0.3) is 76.4 Å². The van der Waals surface area contributed by atoms with Gasteiger partial charge >= 0.3 is 0 Å². The molecule has 10 aromatic carbocycles. The zero-order valence-corrected chi connectivity index (χ0v) is 33.7. The Morgan fingerprint density at radius 1 is 0.258 bits per heavy atom. The second-order valence-electron chi connectivity index (χ2n) is 15.9. The fourth-order valence-corrected chi connectivity index (χ4v) is 9.31. The third-order valence-corrected chi connectivity index (χ3v) is 12.2. The molecule has 62 heavy (non-hydrogen) atoms. The largest absolute Gasteiger partial charge is 0.309 e. The van der Waals surface area contributed by atoms with Gasteiger partial charge in [-0.1, -0.05) is 133 Å². The van der Waals surface area contributed by atoms with Crippen molar-refractivity contribution < 1.29 is 0 Å². The summed E-state index contributed by atoms with van der Waals surface area (Å²) in [7, 11) is 0. The van der Waals surface area contributed by atoms with Gasteiger partial charge in [0.25, 0.3) is 0 Å². The molecule has 12 aromatic rings. The van der Waals surface area contributed by atoms with Gasteiger partial charge in [0.05, 0.1) is 35.2 Å². The standard InChI is InChI=1S/C58H38N4/c1-3-19-45(20-4-1)61(47-27-25-39-13-7-9-15-41(39)33-47)49-29-31-55(59-37-49)53-35-43-17-12-24-52-54(36-44-18-11-23-51(53)57(44)58(43)52)56-32-30-50(38-60-56)62(46-21-5-2-6-22-46)48-28-26-40-14-8-10-16-42(40)34-48/h1-38H. The minimum Gasteiger partial charge on any atom is -0.309 e. The Kier molecular flexibility index (Phi) is 8.46. The van der Waals surface area contributed by atoms with Crippen LogP contribution in [-0.4, -0.2) is 9.97 Å². The van der Waals surface area contributed by atoms with E-state index in [0.29, 0.717) is 0 Å². The lowest BCUT2D eigenvalue weighted by Gasteiger charge is -2.26. The molecule has 0 N–H and O–H groups in total. The number of anilines is 6. The lowest BCUT2D eigenvalue weighted by atomic mass is 9.87. The summed E-state index contributed by atoms with van der Waals surface area (Å²) < 4.78 is 0. The summed E-state index contributed by atoms with van der Waals surface area (Å²) in [5.74, 6) is 0. The zero-order valence-electron chi connectivity index (χ0n) is 33.7. The third-order valence-electron chi connectivity index (χ3n) is 12.2. The summed E-state index contributed by atoms with van der Waals surface area (Å²) in [6.07, 6.45) is 4.01. The van der Waals surface area contributed by atoms with Crippen LogP contribution < -0.4 is 9.80 Å². The summed E-state index contributed by atoms with van der Waals surface area (Å²) >= 11 is 0. The van der Waals surface area contributed by atoms with Crippen molar-refractivity contribution in [2.24, 2.45) is 0 Å². The van der Waals surface area contributed by atoms with Crippen molar-refractivity contribution in [2.75, 3.05) is 9.80 Å². The maximum Gasteiger partial charge on any atom is 0.0710 e. The fraction of sp³-hybridized carbons (Fsp3) is 0. The highest BCUT2D eigenvalue weighted by atomic mass is 15.2. The van der Waals surface area contributed by atoms with Crippen LogP contribution in [0.2, 0.25) is 0 Å². The summed E-state index contributed by atoms with van der Waals surface area (Å²) in [4.78, 5) is 14.9. The van der Waals surface area contributed by atoms with Crippen LogP contribution in [0.1, 0.15) is 0 Å². The number of pyridine rings is 2. The van der Waals surface area contributed by atoms with E-state index >= 15 is 0 Å². The predicted octanol–water partition coefficient (Wildman–Crippen LogP) is 16.0. The third kappa shape index (κ3) is 6.08. The Morgan fingerprint density at radius 2 is 0.645 bits per heavy atom. The Balaban J connectivity index is 0.935. The molecular formula is C58H38N4. The Labute approximate surface area is 359 Å². The highest BCUT2D eigenvalue weighted by Crippen LogP contribution is 2.45. The fourth-order valence-electron chi connectivity index (χ4n) is 9.31. The van der Waals surface area contributed by atoms with Gasteiger partial charge in [0.2, 0.25) is 0 Å². The van der Waals surface area contributed by atoms with E-state index in [2.05, 4.69) is 228 Å². The van der Waals surface area contributed by atoms with Crippen LogP contribution in [0.4, 0.5) is 34.1 Å². The van der Waals surface area contributed by atoms with E-state index in [1.165, 1.54) is 53.9 Å². The number of rotatable bonds is 8. The molecule has 0 bridgehead atoms. The summed E-state index contributed by atoms with van der Waals surface area (Å²) in [6.45, 7) is 0. The molecule has 12 rings (SSSR count). The first kappa shape index (κ1) is 35.6. The molecule has 0 radical (unpaired) electrons. The number of para-hydroxylation sites is 2. The lowest BCUT2D eigenvalue weighted by molar-refractivity contribution is 1.23. The number of aromatic nitrogens is 2. The van der Waals surface area contributed by atoms with Crippen LogP contribution >= 0.6 is 0 Å². The molecule has 290 valence electrons. The van der Waals surface area contributed by atoms with Gasteiger partial charge in [-0.3, -0.25) is 9.97 Å². The molecule has 0 aliphatic heterocycles. The summed E-state index contributed by atoms with van der Waals surface area (Å²) in [5, 5.41) is 12.1. The molecule has 0 saturated heterocycles. The number of nitrogens with zero attached hydrogens (tertiary/aromatic N) is 4. The van der Waals surface area contributed by atoms with Crippen LogP contribution in [0.3, 0.4) is 0 Å². The highest BCUT2D eigenvalue weighted by molar-refractivity contribution is 6.28. The molecule has 0 saturated carbocycles. The number of hydrogen-bond acceptors (Lipinski definition) is 4. The van der Waals surface area contributed by atoms with Gasteiger partial charge in [-0.2, -0.15) is 0 Å². The quantitative estimate of drug-likeness (QED) is 0.144. The molecule has 0 spiro atoms. The number of fused-ring (bicyclic) bond motifs is 2. The molecule has 2 aromatic heterocycles. The van der Waals surface area contributed by atoms with E-state index in [1.807, 2.05) is 12.4 Å². The molecule has 0 fully saturated rings. The lowest BCUT2D eigenvalue weighted by Crippen LogP contribution is -2.10. The summed E-state index contributed by atoms with van der Waals surface area (Å²) in [6, 6.07) is 77.9. The SMILES string of the molecule is c1ccc(N(c2ccc(-c3cc4cccc5c(-c6ccc(N(c7ccccc7)c7ccc8ccccc8c7)cn6)cc6cccc3c6c45)nc2)c2ccc3ccccc3c2)cc1. The number of hydrogen-bond donors (Lipinski definition) is 0. The van der Waals surface area contributed by atoms with Crippen molar-refractivity contribution >= 4 is 88.0 Å². The smallest absolute Gasteiger partial charge is 0.0710 e. The van der Waals surface area contributed by atoms with Crippen LogP contribution in [0, 0.1) is 0 Å². The van der Waals surface area contributed by atoms with Crippen molar-refractivity contribution in [3.63, 3.8) is 0 Å². The molecule has 0 unspecified atom stereocenters. The minimum absolute atomic E-state index is 0.936. The molecule has 2 heterocycles. The van der Waals surface area contributed by atoms with E-state index in [1.54, 1.807) is 0 Å². The second-order valence-corrected chi connectivity index (χ2v) is 15.9. The topological polar surface area (TPSA) is 32.3 Å². The van der Waals surface area contributed by atoms with Crippen LogP contribution in [0.15, 0.2) is 231 Å². The van der Waals surface area contributed by atoms with Crippen molar-refractivity contribution in [1.29, 1.82) is 0 Å². The van der Waals surface area contributed by atoms with Gasteiger partial charge in [0.15, 0.2) is 0 Å². The zero-order chi connectivity index (χ0) is 41.0. The van der Waals surface area contributed by atoms with Crippen molar-refractivity contribution in [3.8, 4) is 22.5 Å². The van der Waals surface area contributed by atoms with Gasteiger partial charge in [0.1, 0.15) is 0 Å². The van der Waals surface area contributed by atoms with Crippen molar-refractivity contribution in [1.82, 2.24) is 9.97 Å². The molecule has 0 aliphatic carbocycles. The maximum absolute atomic E-state index is 5.18. The van der Waals surface area contributed by atoms with Gasteiger partial charge in [-0.15, -0.1) is 0 Å². The first-order chi connectivity index (χ1) is 30.7. The molecule has 4 nitrogen and oxygen atoms in total. The monoisotopic (exact) mass is 790 g/mol. The maximum atomic E-state index is 5.18. The van der Waals surface area contributed by atoms with Crippen LogP contribution in [-0.2, 0) is 0 Å². The average molecular weight is 791 g/mol. The first-order valence-electron chi connectivity index (χ1n) is 21.0. The van der Waals surface area contributed by atoms with Gasteiger partial charge < -0.3 is 9.80 Å². The van der Waals surface area contributed by atoms with Crippen molar-refractivity contribution in [2.45, 2.75) is 0 Å². The Bertz CT molecular complexity index is 3330. The van der Waals surface area contributed by atoms with Gasteiger partial charge in [0, 0.05) is 33.9 Å². The van der Waals surface area contributed by atoms with E-state index in [9.17, 15) is 0 Å². The van der Waals surface area contributed by atoms with E-state index in [-0.39, 0.29) is 0 Å². The Hall–Kier alpha value is -8.34. The Morgan fingerprint density at radius 3 is 1.06 bits per heavy atom.